The predicted octanol–water partition coefficient (Wildman–Crippen LogP) is 4.90. The van der Waals surface area contributed by atoms with Gasteiger partial charge in [0.05, 0.1) is 6.04 Å². The van der Waals surface area contributed by atoms with Gasteiger partial charge in [-0.15, -0.1) is 0 Å². The zero-order valence-corrected chi connectivity index (χ0v) is 17.6. The van der Waals surface area contributed by atoms with Crippen LogP contribution in [-0.2, 0) is 11.8 Å². The highest BCUT2D eigenvalue weighted by atomic mass is 79.9. The summed E-state index contributed by atoms with van der Waals surface area (Å²) in [4.78, 5) is 24.1. The number of hydrogen-bond acceptors (Lipinski definition) is 2. The van der Waals surface area contributed by atoms with Gasteiger partial charge in [-0.2, -0.15) is 0 Å². The summed E-state index contributed by atoms with van der Waals surface area (Å²) in [5.74, 6) is -0.279. The Kier molecular flexibility index (Phi) is 5.99. The minimum absolute atomic E-state index is 0.127. The molecule has 0 bridgehead atoms. The lowest BCUT2D eigenvalue weighted by molar-refractivity contribution is -0.114. The van der Waals surface area contributed by atoms with Crippen molar-refractivity contribution in [3.8, 4) is 11.3 Å². The maximum absolute atomic E-state index is 12.8. The van der Waals surface area contributed by atoms with E-state index in [-0.39, 0.29) is 17.9 Å². The maximum atomic E-state index is 12.8. The number of anilines is 1. The monoisotopic (exact) mass is 439 g/mol. The van der Waals surface area contributed by atoms with Gasteiger partial charge in [-0.1, -0.05) is 40.2 Å². The van der Waals surface area contributed by atoms with E-state index in [9.17, 15) is 9.59 Å². The van der Waals surface area contributed by atoms with Crippen LogP contribution < -0.4 is 10.6 Å². The molecule has 1 atom stereocenters. The van der Waals surface area contributed by atoms with Crippen LogP contribution in [0.25, 0.3) is 11.3 Å². The molecule has 0 aliphatic carbocycles. The van der Waals surface area contributed by atoms with Crippen LogP contribution in [-0.4, -0.2) is 16.4 Å². The van der Waals surface area contributed by atoms with Gasteiger partial charge in [0.2, 0.25) is 5.91 Å². The van der Waals surface area contributed by atoms with Crippen molar-refractivity contribution in [1.29, 1.82) is 0 Å². The van der Waals surface area contributed by atoms with Gasteiger partial charge in [0.15, 0.2) is 0 Å². The molecule has 0 spiro atoms. The molecule has 0 saturated carbocycles. The normalized spacial score (nSPS) is 11.7. The van der Waals surface area contributed by atoms with Crippen molar-refractivity contribution in [1.82, 2.24) is 9.88 Å². The van der Waals surface area contributed by atoms with Crippen LogP contribution in [0.1, 0.15) is 35.9 Å². The third-order valence-corrected chi connectivity index (χ3v) is 5.02. The van der Waals surface area contributed by atoms with Gasteiger partial charge < -0.3 is 15.2 Å². The van der Waals surface area contributed by atoms with E-state index >= 15 is 0 Å². The Balaban J connectivity index is 1.77. The summed E-state index contributed by atoms with van der Waals surface area (Å²) in [6.07, 6.45) is 0. The van der Waals surface area contributed by atoms with Crippen LogP contribution in [0.3, 0.4) is 0 Å². The largest absolute Gasteiger partial charge is 0.344 e. The van der Waals surface area contributed by atoms with Crippen LogP contribution in [0.4, 0.5) is 5.69 Å². The molecule has 1 heterocycles. The van der Waals surface area contributed by atoms with Crippen LogP contribution in [0.5, 0.6) is 0 Å². The number of rotatable bonds is 5. The summed E-state index contributed by atoms with van der Waals surface area (Å²) >= 11 is 3.48. The van der Waals surface area contributed by atoms with Gasteiger partial charge in [-0.25, -0.2) is 0 Å². The number of carbonyl (C=O) groups excluding carboxylic acids is 2. The number of amides is 2. The summed E-state index contributed by atoms with van der Waals surface area (Å²) in [5, 5.41) is 5.79. The third kappa shape index (κ3) is 4.51. The van der Waals surface area contributed by atoms with Crippen LogP contribution in [0, 0.1) is 0 Å². The lowest BCUT2D eigenvalue weighted by Crippen LogP contribution is -2.28. The molecule has 3 aromatic rings. The second-order valence-corrected chi connectivity index (χ2v) is 7.59. The van der Waals surface area contributed by atoms with Crippen LogP contribution in [0.2, 0.25) is 0 Å². The number of benzene rings is 2. The minimum Gasteiger partial charge on any atom is -0.344 e. The predicted molar refractivity (Wildman–Crippen MR) is 115 cm³/mol. The van der Waals surface area contributed by atoms with E-state index in [4.69, 9.17) is 0 Å². The topological polar surface area (TPSA) is 63.1 Å². The quantitative estimate of drug-likeness (QED) is 0.593. The van der Waals surface area contributed by atoms with E-state index in [2.05, 4.69) is 26.6 Å². The molecule has 3 rings (SSSR count). The van der Waals surface area contributed by atoms with E-state index in [1.54, 1.807) is 0 Å². The third-order valence-electron chi connectivity index (χ3n) is 4.53. The minimum atomic E-state index is -0.203. The SMILES string of the molecule is CC(=O)Nc1cccc(C(C)NC(=O)c2ccc(-c3cccc(Br)c3)n2C)c1. The molecule has 6 heteroatoms. The Morgan fingerprint density at radius 2 is 1.79 bits per heavy atom. The van der Waals surface area contributed by atoms with E-state index in [0.717, 1.165) is 21.3 Å². The molecule has 144 valence electrons. The van der Waals surface area contributed by atoms with E-state index < -0.39 is 0 Å². The molecule has 28 heavy (non-hydrogen) atoms. The number of halogens is 1. The number of hydrogen-bond donors (Lipinski definition) is 2. The molecule has 0 aliphatic rings. The average Bonchev–Trinajstić information content (AvgIpc) is 3.03. The molecule has 1 unspecified atom stereocenters. The second kappa shape index (κ2) is 8.44. The summed E-state index contributed by atoms with van der Waals surface area (Å²) in [6.45, 7) is 3.39. The Morgan fingerprint density at radius 1 is 1.04 bits per heavy atom. The molecular formula is C22H22BrN3O2. The fourth-order valence-electron chi connectivity index (χ4n) is 3.12. The number of carbonyl (C=O) groups is 2. The van der Waals surface area contributed by atoms with Gasteiger partial charge in [-0.3, -0.25) is 9.59 Å². The molecule has 5 nitrogen and oxygen atoms in total. The van der Waals surface area contributed by atoms with Crippen molar-refractivity contribution in [3.63, 3.8) is 0 Å². The average molecular weight is 440 g/mol. The highest BCUT2D eigenvalue weighted by Gasteiger charge is 2.17. The van der Waals surface area contributed by atoms with Crippen molar-refractivity contribution in [2.75, 3.05) is 5.32 Å². The molecule has 0 aliphatic heterocycles. The summed E-state index contributed by atoms with van der Waals surface area (Å²) < 4.78 is 2.88. The lowest BCUT2D eigenvalue weighted by atomic mass is 10.1. The first-order chi connectivity index (χ1) is 13.3. The zero-order chi connectivity index (χ0) is 20.3. The van der Waals surface area contributed by atoms with Crippen molar-refractivity contribution >= 4 is 33.4 Å². The molecule has 0 radical (unpaired) electrons. The number of nitrogens with zero attached hydrogens (tertiary/aromatic N) is 1. The summed E-state index contributed by atoms with van der Waals surface area (Å²) in [7, 11) is 1.88. The number of aromatic nitrogens is 1. The first-order valence-corrected chi connectivity index (χ1v) is 9.74. The molecule has 2 N–H and O–H groups in total. The Morgan fingerprint density at radius 3 is 2.50 bits per heavy atom. The molecule has 0 fully saturated rings. The van der Waals surface area contributed by atoms with E-state index in [1.807, 2.05) is 79.2 Å². The Hall–Kier alpha value is -2.86. The Labute approximate surface area is 172 Å². The Bertz CT molecular complexity index is 1030. The van der Waals surface area contributed by atoms with Crippen molar-refractivity contribution in [2.45, 2.75) is 19.9 Å². The van der Waals surface area contributed by atoms with E-state index in [1.165, 1.54) is 6.92 Å². The van der Waals surface area contributed by atoms with Crippen LogP contribution in [0.15, 0.2) is 65.1 Å². The van der Waals surface area contributed by atoms with Gasteiger partial charge in [0.1, 0.15) is 5.69 Å². The molecule has 2 amide bonds. The van der Waals surface area contributed by atoms with Gasteiger partial charge >= 0.3 is 0 Å². The van der Waals surface area contributed by atoms with Gasteiger partial charge in [0, 0.05) is 29.8 Å². The molecule has 2 aromatic carbocycles. The summed E-state index contributed by atoms with van der Waals surface area (Å²) in [5.41, 5.74) is 4.21. The molecule has 0 saturated heterocycles. The van der Waals surface area contributed by atoms with Crippen molar-refractivity contribution in [2.24, 2.45) is 7.05 Å². The highest BCUT2D eigenvalue weighted by molar-refractivity contribution is 9.10. The number of nitrogens with one attached hydrogen (secondary N) is 2. The summed E-state index contributed by atoms with van der Waals surface area (Å²) in [6, 6.07) is 19.0. The van der Waals surface area contributed by atoms with Crippen molar-refractivity contribution in [3.05, 3.63) is 76.4 Å². The zero-order valence-electron chi connectivity index (χ0n) is 16.0. The fraction of sp³-hybridized carbons (Fsp3) is 0.182. The van der Waals surface area contributed by atoms with Gasteiger partial charge in [-0.05, 0) is 54.4 Å². The highest BCUT2D eigenvalue weighted by Crippen LogP contribution is 2.25. The first-order valence-electron chi connectivity index (χ1n) is 8.95. The van der Waals surface area contributed by atoms with Gasteiger partial charge in [0.25, 0.3) is 5.91 Å². The maximum Gasteiger partial charge on any atom is 0.268 e. The smallest absolute Gasteiger partial charge is 0.268 e. The fourth-order valence-corrected chi connectivity index (χ4v) is 3.52. The lowest BCUT2D eigenvalue weighted by Gasteiger charge is -2.16. The second-order valence-electron chi connectivity index (χ2n) is 6.67. The molecular weight excluding hydrogens is 418 g/mol. The van der Waals surface area contributed by atoms with Crippen molar-refractivity contribution < 1.29 is 9.59 Å². The van der Waals surface area contributed by atoms with Crippen LogP contribution >= 0.6 is 15.9 Å². The first kappa shape index (κ1) is 19.9. The van der Waals surface area contributed by atoms with E-state index in [0.29, 0.717) is 11.4 Å². The standard InChI is InChI=1S/C22H22BrN3O2/c1-14(16-6-5-9-19(13-16)25-15(2)27)24-22(28)21-11-10-20(26(21)3)17-7-4-8-18(23)12-17/h4-14H,1-3H3,(H,24,28)(H,25,27). The molecule has 1 aromatic heterocycles.